The molecule has 0 aromatic carbocycles. The number of hydrogen-bond donors (Lipinski definition) is 2. The predicted molar refractivity (Wildman–Crippen MR) is 73.1 cm³/mol. The van der Waals surface area contributed by atoms with Crippen LogP contribution >= 0.6 is 0 Å². The molecule has 19 heavy (non-hydrogen) atoms. The monoisotopic (exact) mass is 268 g/mol. The maximum atomic E-state index is 11.8. The van der Waals surface area contributed by atoms with Gasteiger partial charge in [-0.1, -0.05) is 20.8 Å². The SMILES string of the molecule is CC(C)OCCCNC(=O)c1n[nH]c(C(C)(C)C)n1. The van der Waals surface area contributed by atoms with Crippen LogP contribution < -0.4 is 5.32 Å². The summed E-state index contributed by atoms with van der Waals surface area (Å²) in [5.74, 6) is 0.645. The van der Waals surface area contributed by atoms with Gasteiger partial charge in [-0.15, -0.1) is 5.10 Å². The first-order valence-corrected chi connectivity index (χ1v) is 6.63. The van der Waals surface area contributed by atoms with Crippen LogP contribution in [0.5, 0.6) is 0 Å². The van der Waals surface area contributed by atoms with E-state index < -0.39 is 0 Å². The van der Waals surface area contributed by atoms with Crippen LogP contribution in [0.15, 0.2) is 0 Å². The summed E-state index contributed by atoms with van der Waals surface area (Å²) in [6, 6.07) is 0. The molecule has 2 N–H and O–H groups in total. The van der Waals surface area contributed by atoms with E-state index in [0.717, 1.165) is 6.42 Å². The zero-order valence-corrected chi connectivity index (χ0v) is 12.4. The van der Waals surface area contributed by atoms with Crippen molar-refractivity contribution in [1.29, 1.82) is 0 Å². The van der Waals surface area contributed by atoms with Crippen molar-refractivity contribution >= 4 is 5.91 Å². The van der Waals surface area contributed by atoms with E-state index in [1.807, 2.05) is 34.6 Å². The molecule has 1 amide bonds. The van der Waals surface area contributed by atoms with E-state index in [-0.39, 0.29) is 23.3 Å². The molecule has 0 spiro atoms. The number of amides is 1. The normalized spacial score (nSPS) is 11.9. The number of nitrogens with one attached hydrogen (secondary N) is 2. The van der Waals surface area contributed by atoms with Crippen LogP contribution in [-0.4, -0.2) is 40.3 Å². The second-order valence-electron chi connectivity index (χ2n) is 5.79. The summed E-state index contributed by atoms with van der Waals surface area (Å²) in [5.41, 5.74) is -0.142. The first-order valence-electron chi connectivity index (χ1n) is 6.63. The van der Waals surface area contributed by atoms with Gasteiger partial charge in [-0.05, 0) is 20.3 Å². The van der Waals surface area contributed by atoms with Gasteiger partial charge >= 0.3 is 0 Å². The summed E-state index contributed by atoms with van der Waals surface area (Å²) < 4.78 is 5.39. The third-order valence-electron chi connectivity index (χ3n) is 2.46. The molecule has 0 bridgehead atoms. The van der Waals surface area contributed by atoms with Crippen molar-refractivity contribution in [3.8, 4) is 0 Å². The minimum atomic E-state index is -0.253. The molecule has 0 unspecified atom stereocenters. The van der Waals surface area contributed by atoms with Crippen molar-refractivity contribution in [2.45, 2.75) is 52.6 Å². The Balaban J connectivity index is 2.36. The van der Waals surface area contributed by atoms with E-state index >= 15 is 0 Å². The Kier molecular flexibility index (Phi) is 5.47. The zero-order valence-electron chi connectivity index (χ0n) is 12.4. The number of nitrogens with zero attached hydrogens (tertiary/aromatic N) is 2. The summed E-state index contributed by atoms with van der Waals surface area (Å²) in [5, 5.41) is 9.50. The largest absolute Gasteiger partial charge is 0.379 e. The number of rotatable bonds is 6. The van der Waals surface area contributed by atoms with E-state index in [4.69, 9.17) is 4.74 Å². The Bertz CT molecular complexity index is 407. The van der Waals surface area contributed by atoms with Crippen molar-refractivity contribution in [3.05, 3.63) is 11.6 Å². The maximum Gasteiger partial charge on any atom is 0.290 e. The summed E-state index contributed by atoms with van der Waals surface area (Å²) in [6.45, 7) is 11.2. The predicted octanol–water partition coefficient (Wildman–Crippen LogP) is 1.65. The van der Waals surface area contributed by atoms with E-state index in [2.05, 4.69) is 20.5 Å². The minimum absolute atomic E-state index is 0.142. The lowest BCUT2D eigenvalue weighted by atomic mass is 9.96. The highest BCUT2D eigenvalue weighted by molar-refractivity contribution is 5.90. The Morgan fingerprint density at radius 3 is 2.63 bits per heavy atom. The molecule has 108 valence electrons. The Morgan fingerprint density at radius 2 is 2.11 bits per heavy atom. The van der Waals surface area contributed by atoms with Crippen molar-refractivity contribution < 1.29 is 9.53 Å². The number of hydrogen-bond acceptors (Lipinski definition) is 4. The minimum Gasteiger partial charge on any atom is -0.379 e. The van der Waals surface area contributed by atoms with Crippen molar-refractivity contribution in [1.82, 2.24) is 20.5 Å². The van der Waals surface area contributed by atoms with Gasteiger partial charge in [0.15, 0.2) is 0 Å². The molecular weight excluding hydrogens is 244 g/mol. The second-order valence-corrected chi connectivity index (χ2v) is 5.79. The molecule has 1 heterocycles. The molecule has 6 heteroatoms. The Morgan fingerprint density at radius 1 is 1.42 bits per heavy atom. The average Bonchev–Trinajstić information content (AvgIpc) is 2.76. The third kappa shape index (κ3) is 5.38. The van der Waals surface area contributed by atoms with Gasteiger partial charge in [0.05, 0.1) is 6.10 Å². The number of H-pyrrole nitrogens is 1. The topological polar surface area (TPSA) is 79.9 Å². The lowest BCUT2D eigenvalue weighted by Crippen LogP contribution is -2.26. The van der Waals surface area contributed by atoms with E-state index in [1.54, 1.807) is 0 Å². The fourth-order valence-corrected chi connectivity index (χ4v) is 1.37. The third-order valence-corrected chi connectivity index (χ3v) is 2.46. The van der Waals surface area contributed by atoms with Gasteiger partial charge in [-0.3, -0.25) is 9.89 Å². The number of ether oxygens (including phenoxy) is 1. The van der Waals surface area contributed by atoms with Gasteiger partial charge in [-0.2, -0.15) is 0 Å². The highest BCUT2D eigenvalue weighted by atomic mass is 16.5. The lowest BCUT2D eigenvalue weighted by Gasteiger charge is -2.12. The molecule has 0 aliphatic rings. The van der Waals surface area contributed by atoms with E-state index in [1.165, 1.54) is 0 Å². The molecule has 0 aliphatic carbocycles. The van der Waals surface area contributed by atoms with Gasteiger partial charge in [-0.25, -0.2) is 4.98 Å². The molecular formula is C13H24N4O2. The Hall–Kier alpha value is -1.43. The molecule has 1 rings (SSSR count). The van der Waals surface area contributed by atoms with Gasteiger partial charge in [0, 0.05) is 18.6 Å². The van der Waals surface area contributed by atoms with Gasteiger partial charge in [0.2, 0.25) is 5.82 Å². The van der Waals surface area contributed by atoms with Crippen molar-refractivity contribution in [2.75, 3.05) is 13.2 Å². The standard InChI is InChI=1S/C13H24N4O2/c1-9(2)19-8-6-7-14-11(18)10-15-12(17-16-10)13(3,4)5/h9H,6-8H2,1-5H3,(H,14,18)(H,15,16,17). The molecule has 0 aliphatic heterocycles. The van der Waals surface area contributed by atoms with Crippen LogP contribution in [0.4, 0.5) is 0 Å². The van der Waals surface area contributed by atoms with Crippen LogP contribution in [0.1, 0.15) is 57.5 Å². The molecule has 0 atom stereocenters. The molecule has 0 saturated carbocycles. The second kappa shape index (κ2) is 6.65. The number of carbonyl (C=O) groups excluding carboxylic acids is 1. The zero-order chi connectivity index (χ0) is 14.5. The fourth-order valence-electron chi connectivity index (χ4n) is 1.37. The molecule has 0 radical (unpaired) electrons. The molecule has 0 fully saturated rings. The Labute approximate surface area is 114 Å². The van der Waals surface area contributed by atoms with Crippen molar-refractivity contribution in [2.24, 2.45) is 0 Å². The number of aromatic nitrogens is 3. The quantitative estimate of drug-likeness (QED) is 0.769. The highest BCUT2D eigenvalue weighted by Gasteiger charge is 2.20. The van der Waals surface area contributed by atoms with Crippen molar-refractivity contribution in [3.63, 3.8) is 0 Å². The van der Waals surface area contributed by atoms with Gasteiger partial charge in [0.1, 0.15) is 5.82 Å². The number of carbonyl (C=O) groups is 1. The summed E-state index contributed by atoms with van der Waals surface area (Å²) in [7, 11) is 0. The smallest absolute Gasteiger partial charge is 0.290 e. The van der Waals surface area contributed by atoms with Crippen LogP contribution in [0.3, 0.4) is 0 Å². The molecule has 0 saturated heterocycles. The highest BCUT2D eigenvalue weighted by Crippen LogP contribution is 2.17. The fraction of sp³-hybridized carbons (Fsp3) is 0.769. The first kappa shape index (κ1) is 15.6. The van der Waals surface area contributed by atoms with Crippen LogP contribution in [0.2, 0.25) is 0 Å². The first-order chi connectivity index (χ1) is 8.80. The van der Waals surface area contributed by atoms with E-state index in [9.17, 15) is 4.79 Å². The number of aromatic amines is 1. The average molecular weight is 268 g/mol. The summed E-state index contributed by atoms with van der Waals surface area (Å²) >= 11 is 0. The van der Waals surface area contributed by atoms with Crippen LogP contribution in [0.25, 0.3) is 0 Å². The van der Waals surface area contributed by atoms with Gasteiger partial charge in [0.25, 0.3) is 5.91 Å². The summed E-state index contributed by atoms with van der Waals surface area (Å²) in [6.07, 6.45) is 0.999. The van der Waals surface area contributed by atoms with Gasteiger partial charge < -0.3 is 10.1 Å². The van der Waals surface area contributed by atoms with E-state index in [0.29, 0.717) is 19.0 Å². The molecule has 6 nitrogen and oxygen atoms in total. The van der Waals surface area contributed by atoms with Crippen LogP contribution in [-0.2, 0) is 10.2 Å². The van der Waals surface area contributed by atoms with Crippen LogP contribution in [0, 0.1) is 0 Å². The molecule has 1 aromatic rings. The maximum absolute atomic E-state index is 11.8. The lowest BCUT2D eigenvalue weighted by molar-refractivity contribution is 0.0756. The molecule has 1 aromatic heterocycles. The summed E-state index contributed by atoms with van der Waals surface area (Å²) in [4.78, 5) is 16.0.